The lowest BCUT2D eigenvalue weighted by molar-refractivity contribution is -0.126. The molecule has 1 aliphatic rings. The number of nitrogens with one attached hydrogen (secondary N) is 1. The van der Waals surface area contributed by atoms with Gasteiger partial charge >= 0.3 is 0 Å². The second-order valence-electron chi connectivity index (χ2n) is 5.82. The van der Waals surface area contributed by atoms with Crippen molar-refractivity contribution in [2.45, 2.75) is 19.4 Å². The third-order valence-electron chi connectivity index (χ3n) is 4.19. The molecule has 0 radical (unpaired) electrons. The van der Waals surface area contributed by atoms with Crippen LogP contribution >= 0.6 is 0 Å². The molecule has 1 unspecified atom stereocenters. The molecular formula is C15H23FN4O3S. The van der Waals surface area contributed by atoms with Crippen LogP contribution in [-0.2, 0) is 21.4 Å². The number of carbonyl (C=O) groups excluding carboxylic acids is 1. The summed E-state index contributed by atoms with van der Waals surface area (Å²) in [5, 5.41) is 7.95. The predicted octanol–water partition coefficient (Wildman–Crippen LogP) is -0.306. The van der Waals surface area contributed by atoms with Gasteiger partial charge in [0.15, 0.2) is 0 Å². The lowest BCUT2D eigenvalue weighted by Gasteiger charge is -2.35. The van der Waals surface area contributed by atoms with Crippen LogP contribution in [0.1, 0.15) is 12.5 Å². The number of carbonyl (C=O) groups is 1. The van der Waals surface area contributed by atoms with E-state index in [0.717, 1.165) is 5.56 Å². The summed E-state index contributed by atoms with van der Waals surface area (Å²) in [5.74, 6) is -0.392. The van der Waals surface area contributed by atoms with Crippen molar-refractivity contribution < 1.29 is 17.6 Å². The van der Waals surface area contributed by atoms with Crippen molar-refractivity contribution in [3.05, 3.63) is 35.6 Å². The zero-order valence-electron chi connectivity index (χ0n) is 13.6. The molecule has 9 heteroatoms. The zero-order valence-corrected chi connectivity index (χ0v) is 14.4. The van der Waals surface area contributed by atoms with Crippen LogP contribution in [0.4, 0.5) is 4.39 Å². The molecule has 0 spiro atoms. The van der Waals surface area contributed by atoms with E-state index in [1.54, 1.807) is 19.1 Å². The molecule has 1 heterocycles. The molecule has 1 aromatic carbocycles. The van der Waals surface area contributed by atoms with Crippen molar-refractivity contribution in [2.75, 3.05) is 32.7 Å². The van der Waals surface area contributed by atoms with Crippen LogP contribution < -0.4 is 10.5 Å². The van der Waals surface area contributed by atoms with Crippen molar-refractivity contribution in [1.29, 1.82) is 0 Å². The SMILES string of the molecule is CC(C(=O)NCCc1ccc(F)cc1)N1CCN(S(N)(=O)=O)CC1. The van der Waals surface area contributed by atoms with Crippen molar-refractivity contribution in [3.8, 4) is 0 Å². The number of nitrogens with two attached hydrogens (primary N) is 1. The van der Waals surface area contributed by atoms with Gasteiger partial charge in [-0.25, -0.2) is 9.53 Å². The number of halogens is 1. The van der Waals surface area contributed by atoms with E-state index >= 15 is 0 Å². The second kappa shape index (κ2) is 8.02. The molecule has 0 aliphatic carbocycles. The molecule has 1 aromatic rings. The van der Waals surface area contributed by atoms with Crippen LogP contribution in [0, 0.1) is 5.82 Å². The predicted molar refractivity (Wildman–Crippen MR) is 88.8 cm³/mol. The van der Waals surface area contributed by atoms with Gasteiger partial charge in [0.05, 0.1) is 6.04 Å². The van der Waals surface area contributed by atoms with Crippen molar-refractivity contribution >= 4 is 16.1 Å². The van der Waals surface area contributed by atoms with Crippen LogP contribution in [0.5, 0.6) is 0 Å². The minimum Gasteiger partial charge on any atom is -0.354 e. The first kappa shape index (κ1) is 18.8. The number of hydrogen-bond acceptors (Lipinski definition) is 4. The zero-order chi connectivity index (χ0) is 17.7. The summed E-state index contributed by atoms with van der Waals surface area (Å²) in [6.45, 7) is 3.75. The van der Waals surface area contributed by atoms with Crippen LogP contribution in [0.15, 0.2) is 24.3 Å². The molecule has 3 N–H and O–H groups in total. The molecule has 1 amide bonds. The van der Waals surface area contributed by atoms with Gasteiger partial charge < -0.3 is 5.32 Å². The quantitative estimate of drug-likeness (QED) is 0.729. The van der Waals surface area contributed by atoms with Gasteiger partial charge in [-0.15, -0.1) is 0 Å². The van der Waals surface area contributed by atoms with E-state index < -0.39 is 10.2 Å². The Kier molecular flexibility index (Phi) is 6.27. The van der Waals surface area contributed by atoms with Crippen molar-refractivity contribution in [1.82, 2.24) is 14.5 Å². The molecule has 1 atom stereocenters. The largest absolute Gasteiger partial charge is 0.354 e. The topological polar surface area (TPSA) is 95.7 Å². The van der Waals surface area contributed by atoms with Crippen LogP contribution in [0.25, 0.3) is 0 Å². The third kappa shape index (κ3) is 5.23. The Bertz CT molecular complexity index is 658. The Morgan fingerprint density at radius 3 is 2.38 bits per heavy atom. The highest BCUT2D eigenvalue weighted by molar-refractivity contribution is 7.86. The van der Waals surface area contributed by atoms with Crippen LogP contribution in [0.3, 0.4) is 0 Å². The normalized spacial score (nSPS) is 18.3. The summed E-state index contributed by atoms with van der Waals surface area (Å²) in [6.07, 6.45) is 0.623. The van der Waals surface area contributed by atoms with Gasteiger partial charge in [0.2, 0.25) is 5.91 Å². The lowest BCUT2D eigenvalue weighted by atomic mass is 10.1. The fourth-order valence-electron chi connectivity index (χ4n) is 2.64. The van der Waals surface area contributed by atoms with Gasteiger partial charge in [-0.3, -0.25) is 9.69 Å². The molecular weight excluding hydrogens is 335 g/mol. The molecule has 1 fully saturated rings. The minimum atomic E-state index is -3.66. The monoisotopic (exact) mass is 358 g/mol. The highest BCUT2D eigenvalue weighted by atomic mass is 32.2. The van der Waals surface area contributed by atoms with E-state index in [1.165, 1.54) is 16.4 Å². The first-order chi connectivity index (χ1) is 11.3. The molecule has 0 saturated carbocycles. The Morgan fingerprint density at radius 1 is 1.25 bits per heavy atom. The smallest absolute Gasteiger partial charge is 0.276 e. The maximum absolute atomic E-state index is 12.8. The van der Waals surface area contributed by atoms with Gasteiger partial charge in [-0.2, -0.15) is 12.7 Å². The third-order valence-corrected chi connectivity index (χ3v) is 5.27. The first-order valence-corrected chi connectivity index (χ1v) is 9.32. The van der Waals surface area contributed by atoms with Gasteiger partial charge in [0, 0.05) is 32.7 Å². The van der Waals surface area contributed by atoms with Crippen molar-refractivity contribution in [2.24, 2.45) is 5.14 Å². The number of benzene rings is 1. The van der Waals surface area contributed by atoms with Crippen molar-refractivity contribution in [3.63, 3.8) is 0 Å². The van der Waals surface area contributed by atoms with Crippen LogP contribution in [-0.4, -0.2) is 62.3 Å². The number of rotatable bonds is 6. The summed E-state index contributed by atoms with van der Waals surface area (Å²) in [5.41, 5.74) is 0.950. The number of nitrogens with zero attached hydrogens (tertiary/aromatic N) is 2. The fourth-order valence-corrected chi connectivity index (χ4v) is 3.31. The van der Waals surface area contributed by atoms with Gasteiger partial charge in [0.25, 0.3) is 10.2 Å². The summed E-state index contributed by atoms with van der Waals surface area (Å²) in [7, 11) is -3.66. The average Bonchev–Trinajstić information content (AvgIpc) is 2.55. The number of piperazine rings is 1. The summed E-state index contributed by atoms with van der Waals surface area (Å²) >= 11 is 0. The van der Waals surface area contributed by atoms with E-state index in [2.05, 4.69) is 5.32 Å². The molecule has 2 rings (SSSR count). The number of hydrogen-bond donors (Lipinski definition) is 2. The lowest BCUT2D eigenvalue weighted by Crippen LogP contribution is -2.56. The van der Waals surface area contributed by atoms with E-state index in [-0.39, 0.29) is 30.9 Å². The van der Waals surface area contributed by atoms with E-state index in [9.17, 15) is 17.6 Å². The second-order valence-corrected chi connectivity index (χ2v) is 7.37. The highest BCUT2D eigenvalue weighted by Crippen LogP contribution is 2.08. The Hall–Kier alpha value is -1.55. The fraction of sp³-hybridized carbons (Fsp3) is 0.533. The standard InChI is InChI=1S/C15H23FN4O3S/c1-12(19-8-10-20(11-9-19)24(17,22)23)15(21)18-7-6-13-2-4-14(16)5-3-13/h2-5,12H,6-11H2,1H3,(H,18,21)(H2,17,22,23). The Balaban J connectivity index is 1.75. The van der Waals surface area contributed by atoms with E-state index in [0.29, 0.717) is 26.1 Å². The number of amides is 1. The van der Waals surface area contributed by atoms with E-state index in [1.807, 2.05) is 4.90 Å². The summed E-state index contributed by atoms with van der Waals surface area (Å²) < 4.78 is 36.6. The van der Waals surface area contributed by atoms with Gasteiger partial charge in [-0.05, 0) is 31.0 Å². The van der Waals surface area contributed by atoms with E-state index in [4.69, 9.17) is 5.14 Å². The minimum absolute atomic E-state index is 0.110. The molecule has 0 bridgehead atoms. The van der Waals surface area contributed by atoms with Gasteiger partial charge in [0.1, 0.15) is 5.82 Å². The molecule has 7 nitrogen and oxygen atoms in total. The molecule has 1 aliphatic heterocycles. The maximum Gasteiger partial charge on any atom is 0.276 e. The Labute approximate surface area is 141 Å². The van der Waals surface area contributed by atoms with Gasteiger partial charge in [-0.1, -0.05) is 12.1 Å². The van der Waals surface area contributed by atoms with Crippen LogP contribution in [0.2, 0.25) is 0 Å². The molecule has 24 heavy (non-hydrogen) atoms. The highest BCUT2D eigenvalue weighted by Gasteiger charge is 2.28. The summed E-state index contributed by atoms with van der Waals surface area (Å²) in [4.78, 5) is 14.1. The summed E-state index contributed by atoms with van der Waals surface area (Å²) in [6, 6.07) is 5.82. The molecule has 1 saturated heterocycles. The molecule has 0 aromatic heterocycles. The maximum atomic E-state index is 12.8. The molecule has 134 valence electrons. The first-order valence-electron chi connectivity index (χ1n) is 7.81. The average molecular weight is 358 g/mol. The Morgan fingerprint density at radius 2 is 1.83 bits per heavy atom.